The molecule has 0 fully saturated rings. The number of hydrogen-bond acceptors (Lipinski definition) is 6. The van der Waals surface area contributed by atoms with Crippen molar-refractivity contribution >= 4 is 17.4 Å². The monoisotopic (exact) mass is 266 g/mol. The first-order chi connectivity index (χ1) is 8.59. The van der Waals surface area contributed by atoms with Crippen LogP contribution in [-0.4, -0.2) is 27.2 Å². The first kappa shape index (κ1) is 12.7. The summed E-state index contributed by atoms with van der Waals surface area (Å²) in [5.41, 5.74) is 2.27. The van der Waals surface area contributed by atoms with Crippen molar-refractivity contribution in [3.8, 4) is 0 Å². The van der Waals surface area contributed by atoms with Gasteiger partial charge in [-0.15, -0.1) is 5.10 Å². The third kappa shape index (κ3) is 2.56. The van der Waals surface area contributed by atoms with Gasteiger partial charge in [0.2, 0.25) is 0 Å². The number of hydrogen-bond donors (Lipinski definition) is 1. The largest absolute Gasteiger partial charge is 0.361 e. The van der Waals surface area contributed by atoms with E-state index in [1.165, 1.54) is 0 Å². The molecular formula is C11H14N4O2S. The lowest BCUT2D eigenvalue weighted by Crippen LogP contribution is -2.28. The van der Waals surface area contributed by atoms with Gasteiger partial charge in [0.25, 0.3) is 5.91 Å². The molecule has 1 N–H and O–H groups in total. The van der Waals surface area contributed by atoms with Gasteiger partial charge in [0.05, 0.1) is 5.69 Å². The fourth-order valence-corrected chi connectivity index (χ4v) is 2.33. The lowest BCUT2D eigenvalue weighted by molar-refractivity contribution is 0.0946. The molecule has 0 aliphatic rings. The second-order valence-electron chi connectivity index (χ2n) is 4.14. The molecule has 0 saturated heterocycles. The van der Waals surface area contributed by atoms with Crippen molar-refractivity contribution in [3.63, 3.8) is 0 Å². The smallest absolute Gasteiger partial charge is 0.272 e. The normalized spacial score (nSPS) is 12.4. The van der Waals surface area contributed by atoms with E-state index in [2.05, 4.69) is 20.1 Å². The zero-order valence-electron chi connectivity index (χ0n) is 10.4. The van der Waals surface area contributed by atoms with Gasteiger partial charge in [-0.3, -0.25) is 4.79 Å². The molecule has 0 aromatic carbocycles. The van der Waals surface area contributed by atoms with Gasteiger partial charge in [0.15, 0.2) is 5.69 Å². The van der Waals surface area contributed by atoms with Gasteiger partial charge >= 0.3 is 0 Å². The van der Waals surface area contributed by atoms with Crippen molar-refractivity contribution in [3.05, 3.63) is 28.1 Å². The predicted octanol–water partition coefficient (Wildman–Crippen LogP) is 1.68. The highest BCUT2D eigenvalue weighted by molar-refractivity contribution is 7.03. The van der Waals surface area contributed by atoms with Crippen LogP contribution in [0.25, 0.3) is 0 Å². The van der Waals surface area contributed by atoms with E-state index in [9.17, 15) is 4.79 Å². The molecule has 18 heavy (non-hydrogen) atoms. The maximum atomic E-state index is 11.7. The van der Waals surface area contributed by atoms with Gasteiger partial charge in [0.1, 0.15) is 5.76 Å². The molecule has 6 nitrogen and oxygen atoms in total. The molecule has 0 aliphatic carbocycles. The summed E-state index contributed by atoms with van der Waals surface area (Å²) in [6, 6.07) is 0. The molecule has 0 saturated carbocycles. The summed E-state index contributed by atoms with van der Waals surface area (Å²) in [5, 5.41) is 12.1. The number of rotatable bonds is 4. The second kappa shape index (κ2) is 5.26. The van der Waals surface area contributed by atoms with Gasteiger partial charge in [-0.2, -0.15) is 0 Å². The summed E-state index contributed by atoms with van der Waals surface area (Å²) in [6.45, 7) is 6.30. The van der Waals surface area contributed by atoms with E-state index in [-0.39, 0.29) is 11.8 Å². The zero-order valence-corrected chi connectivity index (χ0v) is 11.2. The minimum atomic E-state index is -0.206. The number of nitrogens with zero attached hydrogens (tertiary/aromatic N) is 3. The van der Waals surface area contributed by atoms with Gasteiger partial charge in [-0.1, -0.05) is 16.6 Å². The van der Waals surface area contributed by atoms with E-state index in [1.807, 2.05) is 20.8 Å². The molecule has 0 bridgehead atoms. The maximum Gasteiger partial charge on any atom is 0.272 e. The number of aryl methyl sites for hydroxylation is 2. The maximum absolute atomic E-state index is 11.7. The Morgan fingerprint density at radius 1 is 1.56 bits per heavy atom. The Labute approximate surface area is 109 Å². The molecule has 2 rings (SSSR count). The Kier molecular flexibility index (Phi) is 3.71. The van der Waals surface area contributed by atoms with Gasteiger partial charge in [-0.25, -0.2) is 0 Å². The van der Waals surface area contributed by atoms with Crippen molar-refractivity contribution < 1.29 is 9.32 Å². The summed E-state index contributed by atoms with van der Waals surface area (Å²) in [7, 11) is 0. The molecule has 1 unspecified atom stereocenters. The van der Waals surface area contributed by atoms with Crippen LogP contribution in [-0.2, 0) is 0 Å². The summed E-state index contributed by atoms with van der Waals surface area (Å²) in [4.78, 5) is 11.7. The number of aromatic nitrogens is 3. The molecular weight excluding hydrogens is 252 g/mol. The van der Waals surface area contributed by atoms with Crippen molar-refractivity contribution in [1.82, 2.24) is 20.1 Å². The molecule has 96 valence electrons. The standard InChI is InChI=1S/C11H14N4O2S/c1-6(10-7(2)14-17-8(10)3)4-12-11(16)9-5-18-15-13-9/h5-6H,4H2,1-3H3,(H,12,16). The number of carbonyl (C=O) groups is 1. The lowest BCUT2D eigenvalue weighted by atomic mass is 9.99. The van der Waals surface area contributed by atoms with E-state index in [0.717, 1.165) is 28.6 Å². The number of amides is 1. The van der Waals surface area contributed by atoms with Crippen LogP contribution in [0.2, 0.25) is 0 Å². The zero-order chi connectivity index (χ0) is 13.1. The Balaban J connectivity index is 1.97. The minimum absolute atomic E-state index is 0.145. The average Bonchev–Trinajstić information content (AvgIpc) is 2.96. The fraction of sp³-hybridized carbons (Fsp3) is 0.455. The van der Waals surface area contributed by atoms with Crippen LogP contribution >= 0.6 is 11.5 Å². The SMILES string of the molecule is Cc1noc(C)c1C(C)CNC(=O)c1csnn1. The summed E-state index contributed by atoms with van der Waals surface area (Å²) >= 11 is 1.16. The van der Waals surface area contributed by atoms with Crippen molar-refractivity contribution in [2.75, 3.05) is 6.54 Å². The van der Waals surface area contributed by atoms with Crippen LogP contribution in [0.1, 0.15) is 40.3 Å². The van der Waals surface area contributed by atoms with Crippen LogP contribution in [0.4, 0.5) is 0 Å². The molecule has 0 radical (unpaired) electrons. The quantitative estimate of drug-likeness (QED) is 0.910. The van der Waals surface area contributed by atoms with Crippen LogP contribution < -0.4 is 5.32 Å². The van der Waals surface area contributed by atoms with E-state index >= 15 is 0 Å². The van der Waals surface area contributed by atoms with Crippen molar-refractivity contribution in [1.29, 1.82) is 0 Å². The van der Waals surface area contributed by atoms with Crippen LogP contribution in [0.15, 0.2) is 9.90 Å². The first-order valence-electron chi connectivity index (χ1n) is 5.57. The van der Waals surface area contributed by atoms with Crippen LogP contribution in [0, 0.1) is 13.8 Å². The molecule has 1 atom stereocenters. The lowest BCUT2D eigenvalue weighted by Gasteiger charge is -2.11. The highest BCUT2D eigenvalue weighted by Crippen LogP contribution is 2.22. The van der Waals surface area contributed by atoms with E-state index in [4.69, 9.17) is 4.52 Å². The molecule has 7 heteroatoms. The van der Waals surface area contributed by atoms with E-state index < -0.39 is 0 Å². The highest BCUT2D eigenvalue weighted by atomic mass is 32.1. The summed E-state index contributed by atoms with van der Waals surface area (Å²) in [5.74, 6) is 0.735. The summed E-state index contributed by atoms with van der Waals surface area (Å²) in [6.07, 6.45) is 0. The average molecular weight is 266 g/mol. The summed E-state index contributed by atoms with van der Waals surface area (Å²) < 4.78 is 8.77. The predicted molar refractivity (Wildman–Crippen MR) is 66.6 cm³/mol. The Morgan fingerprint density at radius 2 is 2.33 bits per heavy atom. The van der Waals surface area contributed by atoms with Crippen molar-refractivity contribution in [2.45, 2.75) is 26.7 Å². The molecule has 0 spiro atoms. The molecule has 1 amide bonds. The first-order valence-corrected chi connectivity index (χ1v) is 6.41. The van der Waals surface area contributed by atoms with Gasteiger partial charge < -0.3 is 9.84 Å². The topological polar surface area (TPSA) is 80.9 Å². The highest BCUT2D eigenvalue weighted by Gasteiger charge is 2.17. The Hall–Kier alpha value is -1.76. The Bertz CT molecular complexity index is 516. The number of carbonyl (C=O) groups excluding carboxylic acids is 1. The van der Waals surface area contributed by atoms with Crippen LogP contribution in [0.5, 0.6) is 0 Å². The van der Waals surface area contributed by atoms with Gasteiger partial charge in [0, 0.05) is 23.4 Å². The molecule has 2 heterocycles. The Morgan fingerprint density at radius 3 is 2.89 bits per heavy atom. The molecule has 0 aliphatic heterocycles. The van der Waals surface area contributed by atoms with Gasteiger partial charge in [-0.05, 0) is 25.4 Å². The van der Waals surface area contributed by atoms with Crippen molar-refractivity contribution in [2.24, 2.45) is 0 Å². The number of nitrogens with one attached hydrogen (secondary N) is 1. The third-order valence-corrected chi connectivity index (χ3v) is 3.25. The molecule has 2 aromatic rings. The third-order valence-electron chi connectivity index (χ3n) is 2.74. The van der Waals surface area contributed by atoms with E-state index in [0.29, 0.717) is 12.2 Å². The minimum Gasteiger partial charge on any atom is -0.361 e. The van der Waals surface area contributed by atoms with E-state index in [1.54, 1.807) is 5.38 Å². The second-order valence-corrected chi connectivity index (χ2v) is 4.75. The fourth-order valence-electron chi connectivity index (χ4n) is 1.90. The van der Waals surface area contributed by atoms with Crippen LogP contribution in [0.3, 0.4) is 0 Å². The molecule has 2 aromatic heterocycles.